The van der Waals surface area contributed by atoms with Crippen molar-refractivity contribution in [1.29, 1.82) is 0 Å². The summed E-state index contributed by atoms with van der Waals surface area (Å²) >= 11 is -0.271. The van der Waals surface area contributed by atoms with Crippen LogP contribution in [0.15, 0.2) is 53.4 Å². The van der Waals surface area contributed by atoms with E-state index in [0.717, 1.165) is 24.3 Å². The van der Waals surface area contributed by atoms with Crippen LogP contribution in [0, 0.1) is 0 Å². The second-order valence-electron chi connectivity index (χ2n) is 6.73. The molecule has 31 heavy (non-hydrogen) atoms. The van der Waals surface area contributed by atoms with Crippen LogP contribution in [0.3, 0.4) is 0 Å². The van der Waals surface area contributed by atoms with Crippen molar-refractivity contribution in [3.63, 3.8) is 0 Å². The van der Waals surface area contributed by atoms with Gasteiger partial charge in [-0.2, -0.15) is 26.3 Å². The Balaban J connectivity index is 1.57. The number of thioether (sulfide) groups is 1. The minimum Gasteiger partial charge on any atom is -0.335 e. The molecule has 0 aliphatic carbocycles. The molecule has 1 aliphatic rings. The van der Waals surface area contributed by atoms with Gasteiger partial charge >= 0.3 is 11.7 Å². The van der Waals surface area contributed by atoms with E-state index in [2.05, 4.69) is 0 Å². The molecule has 1 aliphatic heterocycles. The van der Waals surface area contributed by atoms with Gasteiger partial charge in [0, 0.05) is 42.2 Å². The van der Waals surface area contributed by atoms with Crippen LogP contribution in [0.25, 0.3) is 0 Å². The molecule has 0 atom stereocenters. The Hall–Kier alpha value is -2.69. The second kappa shape index (κ2) is 8.81. The molecule has 1 heterocycles. The van der Waals surface area contributed by atoms with Crippen molar-refractivity contribution in [2.45, 2.75) is 16.6 Å². The topological polar surface area (TPSA) is 40.6 Å². The molecular weight excluding hydrogens is 446 g/mol. The lowest BCUT2D eigenvalue weighted by Crippen LogP contribution is -2.50. The highest BCUT2D eigenvalue weighted by molar-refractivity contribution is 8.00. The number of alkyl halides is 6. The molecule has 1 saturated heterocycles. The number of nitrogens with zero attached hydrogens (tertiary/aromatic N) is 2. The Bertz CT molecular complexity index is 934. The molecule has 2 aromatic rings. The van der Waals surface area contributed by atoms with Crippen molar-refractivity contribution in [3.05, 3.63) is 65.2 Å². The fraction of sp³-hybridized carbons (Fsp3) is 0.300. The summed E-state index contributed by atoms with van der Waals surface area (Å²) in [5.41, 5.74) is -4.92. The lowest BCUT2D eigenvalue weighted by molar-refractivity contribution is -0.137. The van der Waals surface area contributed by atoms with Crippen molar-refractivity contribution >= 4 is 23.6 Å². The summed E-state index contributed by atoms with van der Waals surface area (Å²) in [6, 6.07) is 8.98. The number of halogens is 6. The van der Waals surface area contributed by atoms with Gasteiger partial charge in [0.2, 0.25) is 0 Å². The number of hydrogen-bond acceptors (Lipinski definition) is 3. The number of piperazine rings is 1. The lowest BCUT2D eigenvalue weighted by atomic mass is 10.1. The van der Waals surface area contributed by atoms with E-state index in [1.807, 2.05) is 0 Å². The molecule has 2 amide bonds. The van der Waals surface area contributed by atoms with Crippen LogP contribution in [0.4, 0.5) is 26.3 Å². The molecule has 2 aromatic carbocycles. The SMILES string of the molecule is O=C(c1ccc(SC(F)(F)F)cc1)N1CCN(C(=O)c2ccc(C(F)(F)F)cc2)CC1. The maximum atomic E-state index is 12.6. The molecule has 0 radical (unpaired) electrons. The van der Waals surface area contributed by atoms with Crippen LogP contribution in [-0.4, -0.2) is 53.3 Å². The minimum absolute atomic E-state index is 0.0315. The Morgan fingerprint density at radius 2 is 1.06 bits per heavy atom. The number of benzene rings is 2. The molecule has 0 aromatic heterocycles. The maximum absolute atomic E-state index is 12.6. The Morgan fingerprint density at radius 1 is 0.677 bits per heavy atom. The summed E-state index contributed by atoms with van der Waals surface area (Å²) in [5, 5.41) is 0. The van der Waals surface area contributed by atoms with Crippen LogP contribution < -0.4 is 0 Å². The van der Waals surface area contributed by atoms with E-state index >= 15 is 0 Å². The lowest BCUT2D eigenvalue weighted by Gasteiger charge is -2.35. The fourth-order valence-electron chi connectivity index (χ4n) is 3.08. The monoisotopic (exact) mass is 462 g/mol. The van der Waals surface area contributed by atoms with Crippen molar-refractivity contribution < 1.29 is 35.9 Å². The summed E-state index contributed by atoms with van der Waals surface area (Å²) in [5.74, 6) is -0.806. The summed E-state index contributed by atoms with van der Waals surface area (Å²) in [6.45, 7) is 0.774. The zero-order chi connectivity index (χ0) is 22.8. The fourth-order valence-corrected chi connectivity index (χ4v) is 3.62. The number of carbonyl (C=O) groups excluding carboxylic acids is 2. The van der Waals surface area contributed by atoms with E-state index in [-0.39, 0.29) is 59.9 Å². The third-order valence-corrected chi connectivity index (χ3v) is 5.39. The van der Waals surface area contributed by atoms with Crippen LogP contribution in [-0.2, 0) is 6.18 Å². The highest BCUT2D eigenvalue weighted by Gasteiger charge is 2.31. The van der Waals surface area contributed by atoms with Gasteiger partial charge in [-0.05, 0) is 60.3 Å². The summed E-state index contributed by atoms with van der Waals surface area (Å²) in [4.78, 5) is 28.0. The number of hydrogen-bond donors (Lipinski definition) is 0. The zero-order valence-electron chi connectivity index (χ0n) is 15.8. The molecule has 0 unspecified atom stereocenters. The maximum Gasteiger partial charge on any atom is 0.446 e. The summed E-state index contributed by atoms with van der Waals surface area (Å²) in [6.07, 6.45) is -4.49. The van der Waals surface area contributed by atoms with E-state index < -0.39 is 23.2 Å². The second-order valence-corrected chi connectivity index (χ2v) is 7.87. The van der Waals surface area contributed by atoms with Crippen LogP contribution >= 0.6 is 11.8 Å². The first-order chi connectivity index (χ1) is 14.4. The van der Waals surface area contributed by atoms with Gasteiger partial charge in [-0.1, -0.05) is 0 Å². The molecule has 166 valence electrons. The Labute approximate surface area is 177 Å². The van der Waals surface area contributed by atoms with Crippen molar-refractivity contribution in [2.24, 2.45) is 0 Å². The number of rotatable bonds is 3. The van der Waals surface area contributed by atoms with Gasteiger partial charge < -0.3 is 9.80 Å². The largest absolute Gasteiger partial charge is 0.446 e. The van der Waals surface area contributed by atoms with Crippen LogP contribution in [0.2, 0.25) is 0 Å². The third-order valence-electron chi connectivity index (χ3n) is 4.65. The molecule has 0 N–H and O–H groups in total. The van der Waals surface area contributed by atoms with Crippen LogP contribution in [0.1, 0.15) is 26.3 Å². The van der Waals surface area contributed by atoms with E-state index in [1.165, 1.54) is 34.1 Å². The highest BCUT2D eigenvalue weighted by Crippen LogP contribution is 2.36. The highest BCUT2D eigenvalue weighted by atomic mass is 32.2. The van der Waals surface area contributed by atoms with Gasteiger partial charge in [0.1, 0.15) is 0 Å². The molecule has 4 nitrogen and oxygen atoms in total. The van der Waals surface area contributed by atoms with Crippen molar-refractivity contribution in [3.8, 4) is 0 Å². The molecule has 11 heteroatoms. The summed E-state index contributed by atoms with van der Waals surface area (Å²) < 4.78 is 75.1. The molecule has 0 saturated carbocycles. The van der Waals surface area contributed by atoms with Gasteiger partial charge in [0.15, 0.2) is 0 Å². The van der Waals surface area contributed by atoms with Gasteiger partial charge in [0.25, 0.3) is 11.8 Å². The third kappa shape index (κ3) is 5.93. The average molecular weight is 462 g/mol. The van der Waals surface area contributed by atoms with Crippen molar-refractivity contribution in [2.75, 3.05) is 26.2 Å². The first kappa shape index (κ1) is 23.0. The Kier molecular flexibility index (Phi) is 6.54. The molecule has 1 fully saturated rings. The predicted octanol–water partition coefficient (Wildman–Crippen LogP) is 4.92. The first-order valence-corrected chi connectivity index (χ1v) is 9.87. The van der Waals surface area contributed by atoms with Crippen molar-refractivity contribution in [1.82, 2.24) is 9.80 Å². The first-order valence-electron chi connectivity index (χ1n) is 9.06. The Morgan fingerprint density at radius 3 is 1.42 bits per heavy atom. The molecular formula is C20H16F6N2O2S. The van der Waals surface area contributed by atoms with E-state index in [9.17, 15) is 35.9 Å². The zero-order valence-corrected chi connectivity index (χ0v) is 16.7. The van der Waals surface area contributed by atoms with E-state index in [4.69, 9.17) is 0 Å². The van der Waals surface area contributed by atoms with E-state index in [1.54, 1.807) is 0 Å². The van der Waals surface area contributed by atoms with Gasteiger partial charge in [0.05, 0.1) is 5.56 Å². The molecule has 3 rings (SSSR count). The van der Waals surface area contributed by atoms with E-state index in [0.29, 0.717) is 0 Å². The minimum atomic E-state index is -4.49. The predicted molar refractivity (Wildman–Crippen MR) is 102 cm³/mol. The normalized spacial score (nSPS) is 15.2. The number of amides is 2. The smallest absolute Gasteiger partial charge is 0.335 e. The van der Waals surface area contributed by atoms with Gasteiger partial charge in [-0.15, -0.1) is 0 Å². The summed E-state index contributed by atoms with van der Waals surface area (Å²) in [7, 11) is 0. The van der Waals surface area contributed by atoms with Gasteiger partial charge in [-0.3, -0.25) is 9.59 Å². The molecule has 0 spiro atoms. The quantitative estimate of drug-likeness (QED) is 0.481. The standard InChI is InChI=1S/C20H16F6N2O2S/c21-19(22,23)15-5-1-13(2-6-15)17(29)27-9-11-28(12-10-27)18(30)14-3-7-16(8-4-14)31-20(24,25)26/h1-8H,9-12H2. The van der Waals surface area contributed by atoms with Gasteiger partial charge in [-0.25, -0.2) is 0 Å². The number of carbonyl (C=O) groups is 2. The molecule has 0 bridgehead atoms. The van der Waals surface area contributed by atoms with Crippen LogP contribution in [0.5, 0.6) is 0 Å². The average Bonchev–Trinajstić information content (AvgIpc) is 2.72.